The lowest BCUT2D eigenvalue weighted by Crippen LogP contribution is -2.53. The number of carbonyl (C=O) groups is 2. The number of carbonyl (C=O) groups excluding carboxylic acids is 2. The standard InChI is InChI=1S/C31H36ClN3O4S/c1-24(31(37)33-27-13-7-3-8-14-27)34(22-21-25-11-5-2-6-12-25)30(36)23-35(28-19-17-26(32)18-20-28)40(38,39)29-15-9-4-10-16-29/h2,4-6,9-12,15-20,24,27H,3,7-8,13-14,21-23H2,1H3,(H,33,37)/t24-/m1/s1. The minimum absolute atomic E-state index is 0.0664. The molecule has 0 aromatic heterocycles. The zero-order valence-electron chi connectivity index (χ0n) is 22.7. The molecule has 2 amide bonds. The Morgan fingerprint density at radius 1 is 0.900 bits per heavy atom. The minimum Gasteiger partial charge on any atom is -0.352 e. The summed E-state index contributed by atoms with van der Waals surface area (Å²) < 4.78 is 28.6. The Morgan fingerprint density at radius 2 is 1.50 bits per heavy atom. The van der Waals surface area contributed by atoms with Crippen LogP contribution < -0.4 is 9.62 Å². The fraction of sp³-hybridized carbons (Fsp3) is 0.355. The summed E-state index contributed by atoms with van der Waals surface area (Å²) in [6.07, 6.45) is 5.69. The van der Waals surface area contributed by atoms with E-state index >= 15 is 0 Å². The van der Waals surface area contributed by atoms with Gasteiger partial charge in [0.15, 0.2) is 0 Å². The van der Waals surface area contributed by atoms with E-state index < -0.39 is 28.5 Å². The van der Waals surface area contributed by atoms with Crippen LogP contribution in [-0.4, -0.2) is 50.3 Å². The van der Waals surface area contributed by atoms with E-state index in [0.29, 0.717) is 17.1 Å². The maximum Gasteiger partial charge on any atom is 0.264 e. The molecular weight excluding hydrogens is 546 g/mol. The molecule has 0 spiro atoms. The van der Waals surface area contributed by atoms with E-state index in [1.54, 1.807) is 49.4 Å². The van der Waals surface area contributed by atoms with Crippen molar-refractivity contribution in [2.24, 2.45) is 0 Å². The van der Waals surface area contributed by atoms with Crippen LogP contribution >= 0.6 is 11.6 Å². The van der Waals surface area contributed by atoms with Crippen LogP contribution in [0.25, 0.3) is 0 Å². The molecule has 0 heterocycles. The second-order valence-electron chi connectivity index (χ2n) is 10.1. The minimum atomic E-state index is -4.09. The number of amides is 2. The van der Waals surface area contributed by atoms with Crippen molar-refractivity contribution in [2.75, 3.05) is 17.4 Å². The molecule has 3 aromatic rings. The monoisotopic (exact) mass is 581 g/mol. The molecule has 1 aliphatic rings. The highest BCUT2D eigenvalue weighted by Gasteiger charge is 2.33. The first-order chi connectivity index (χ1) is 19.3. The molecule has 0 unspecified atom stereocenters. The van der Waals surface area contributed by atoms with E-state index in [-0.39, 0.29) is 23.4 Å². The lowest BCUT2D eigenvalue weighted by Gasteiger charge is -2.33. The van der Waals surface area contributed by atoms with Crippen molar-refractivity contribution in [1.82, 2.24) is 10.2 Å². The van der Waals surface area contributed by atoms with Gasteiger partial charge in [-0.15, -0.1) is 0 Å². The van der Waals surface area contributed by atoms with Crippen molar-refractivity contribution in [3.05, 3.63) is 95.5 Å². The lowest BCUT2D eigenvalue weighted by atomic mass is 9.95. The molecule has 4 rings (SSSR count). The van der Waals surface area contributed by atoms with E-state index in [0.717, 1.165) is 35.6 Å². The zero-order chi connectivity index (χ0) is 28.5. The first kappa shape index (κ1) is 29.6. The molecule has 0 radical (unpaired) electrons. The highest BCUT2D eigenvalue weighted by atomic mass is 35.5. The molecule has 1 N–H and O–H groups in total. The molecule has 3 aromatic carbocycles. The summed E-state index contributed by atoms with van der Waals surface area (Å²) in [4.78, 5) is 28.8. The van der Waals surface area contributed by atoms with Crippen LogP contribution in [0.1, 0.15) is 44.6 Å². The Hall–Kier alpha value is -3.36. The van der Waals surface area contributed by atoms with Gasteiger partial charge in [-0.05, 0) is 68.1 Å². The Morgan fingerprint density at radius 3 is 2.12 bits per heavy atom. The van der Waals surface area contributed by atoms with Gasteiger partial charge in [0, 0.05) is 17.6 Å². The molecule has 0 saturated heterocycles. The van der Waals surface area contributed by atoms with E-state index in [2.05, 4.69) is 5.32 Å². The number of anilines is 1. The van der Waals surface area contributed by atoms with Crippen LogP contribution in [0.15, 0.2) is 89.8 Å². The van der Waals surface area contributed by atoms with Crippen molar-refractivity contribution >= 4 is 39.1 Å². The smallest absolute Gasteiger partial charge is 0.264 e. The van der Waals surface area contributed by atoms with Crippen LogP contribution in [0.3, 0.4) is 0 Å². The molecular formula is C31H36ClN3O4S. The van der Waals surface area contributed by atoms with Crippen LogP contribution in [0, 0.1) is 0 Å². The number of benzene rings is 3. The van der Waals surface area contributed by atoms with Gasteiger partial charge < -0.3 is 10.2 Å². The second kappa shape index (κ2) is 13.8. The Balaban J connectivity index is 1.62. The first-order valence-electron chi connectivity index (χ1n) is 13.7. The van der Waals surface area contributed by atoms with Crippen molar-refractivity contribution in [2.45, 2.75) is 62.4 Å². The van der Waals surface area contributed by atoms with Crippen molar-refractivity contribution in [3.8, 4) is 0 Å². The van der Waals surface area contributed by atoms with Crippen molar-refractivity contribution < 1.29 is 18.0 Å². The number of nitrogens with zero attached hydrogens (tertiary/aromatic N) is 2. The van der Waals surface area contributed by atoms with E-state index in [1.807, 2.05) is 30.3 Å². The third-order valence-corrected chi connectivity index (χ3v) is 9.37. The molecule has 1 saturated carbocycles. The molecule has 1 aliphatic carbocycles. The van der Waals surface area contributed by atoms with Crippen LogP contribution in [0.2, 0.25) is 5.02 Å². The quantitative estimate of drug-likeness (QED) is 0.326. The Bertz CT molecular complexity index is 1360. The number of hydrogen-bond acceptors (Lipinski definition) is 4. The molecule has 40 heavy (non-hydrogen) atoms. The van der Waals surface area contributed by atoms with Crippen LogP contribution in [0.5, 0.6) is 0 Å². The highest BCUT2D eigenvalue weighted by Crippen LogP contribution is 2.26. The molecule has 0 bridgehead atoms. The van der Waals surface area contributed by atoms with E-state index in [9.17, 15) is 18.0 Å². The molecule has 7 nitrogen and oxygen atoms in total. The number of sulfonamides is 1. The second-order valence-corrected chi connectivity index (χ2v) is 12.4. The molecule has 9 heteroatoms. The van der Waals surface area contributed by atoms with Crippen molar-refractivity contribution in [1.29, 1.82) is 0 Å². The number of hydrogen-bond donors (Lipinski definition) is 1. The summed E-state index contributed by atoms with van der Waals surface area (Å²) in [5.41, 5.74) is 1.33. The van der Waals surface area contributed by atoms with Gasteiger partial charge in [-0.2, -0.15) is 0 Å². The van der Waals surface area contributed by atoms with E-state index in [1.165, 1.54) is 23.5 Å². The van der Waals surface area contributed by atoms with Gasteiger partial charge in [-0.1, -0.05) is 79.4 Å². The predicted molar refractivity (Wildman–Crippen MR) is 159 cm³/mol. The van der Waals surface area contributed by atoms with Crippen LogP contribution in [0.4, 0.5) is 5.69 Å². The molecule has 0 aliphatic heterocycles. The number of rotatable bonds is 11. The molecule has 212 valence electrons. The van der Waals surface area contributed by atoms with Crippen molar-refractivity contribution in [3.63, 3.8) is 0 Å². The van der Waals surface area contributed by atoms with Gasteiger partial charge in [0.05, 0.1) is 10.6 Å². The third kappa shape index (κ3) is 7.64. The average Bonchev–Trinajstić information content (AvgIpc) is 2.98. The normalized spacial score (nSPS) is 14.8. The Kier molecular flexibility index (Phi) is 10.2. The number of halogens is 1. The predicted octanol–water partition coefficient (Wildman–Crippen LogP) is 5.44. The summed E-state index contributed by atoms with van der Waals surface area (Å²) in [5, 5.41) is 3.57. The zero-order valence-corrected chi connectivity index (χ0v) is 24.3. The lowest BCUT2D eigenvalue weighted by molar-refractivity contribution is -0.139. The maximum atomic E-state index is 13.9. The fourth-order valence-corrected chi connectivity index (χ4v) is 6.56. The summed E-state index contributed by atoms with van der Waals surface area (Å²) in [6, 6.07) is 23.3. The molecule has 1 fully saturated rings. The fourth-order valence-electron chi connectivity index (χ4n) is 4.99. The Labute approximate surface area is 242 Å². The highest BCUT2D eigenvalue weighted by molar-refractivity contribution is 7.92. The van der Waals surface area contributed by atoms with Gasteiger partial charge in [0.2, 0.25) is 11.8 Å². The van der Waals surface area contributed by atoms with Gasteiger partial charge in [0.1, 0.15) is 12.6 Å². The SMILES string of the molecule is C[C@H](C(=O)NC1CCCCC1)N(CCc1ccccc1)C(=O)CN(c1ccc(Cl)cc1)S(=O)(=O)c1ccccc1. The summed E-state index contributed by atoms with van der Waals surface area (Å²) >= 11 is 6.07. The summed E-state index contributed by atoms with van der Waals surface area (Å²) in [7, 11) is -4.09. The van der Waals surface area contributed by atoms with Gasteiger partial charge in [-0.25, -0.2) is 8.42 Å². The topological polar surface area (TPSA) is 86.8 Å². The average molecular weight is 582 g/mol. The molecule has 1 atom stereocenters. The van der Waals surface area contributed by atoms with E-state index in [4.69, 9.17) is 11.6 Å². The summed E-state index contributed by atoms with van der Waals surface area (Å²) in [6.45, 7) is 1.51. The number of nitrogens with one attached hydrogen (secondary N) is 1. The van der Waals surface area contributed by atoms with Gasteiger partial charge >= 0.3 is 0 Å². The largest absolute Gasteiger partial charge is 0.352 e. The summed E-state index contributed by atoms with van der Waals surface area (Å²) in [5.74, 6) is -0.686. The van der Waals surface area contributed by atoms with Gasteiger partial charge in [-0.3, -0.25) is 13.9 Å². The third-order valence-electron chi connectivity index (χ3n) is 7.33. The first-order valence-corrected chi connectivity index (χ1v) is 15.5. The van der Waals surface area contributed by atoms with Gasteiger partial charge in [0.25, 0.3) is 10.0 Å². The van der Waals surface area contributed by atoms with Crippen LogP contribution in [-0.2, 0) is 26.0 Å². The maximum absolute atomic E-state index is 13.9.